The van der Waals surface area contributed by atoms with Crippen molar-refractivity contribution in [1.82, 2.24) is 19.9 Å². The topological polar surface area (TPSA) is 224 Å². The SMILES string of the molecule is Cc1cnc(NC(=O)CCCC(=O)Nc2ncc([N+](=O)[O-])s2)s1.Cc1cnc(NC(=O)c2ccc(-c3cccs3)o2)s1.Cc1cnc(NC(=O)c2sc3ccccc3c2Cl)s1. The number of nitro groups is 1. The van der Waals surface area contributed by atoms with Crippen molar-refractivity contribution < 1.29 is 28.5 Å². The lowest BCUT2D eigenvalue weighted by Crippen LogP contribution is -2.14. The van der Waals surface area contributed by atoms with E-state index in [0.717, 1.165) is 47.1 Å². The maximum atomic E-state index is 12.2. The Morgan fingerprint density at radius 2 is 1.25 bits per heavy atom. The predicted molar refractivity (Wildman–Crippen MR) is 245 cm³/mol. The highest BCUT2D eigenvalue weighted by Gasteiger charge is 2.19. The predicted octanol–water partition coefficient (Wildman–Crippen LogP) is 11.2. The number of furan rings is 1. The molecule has 0 saturated heterocycles. The minimum absolute atomic E-state index is 0.123. The number of aryl methyl sites for hydroxylation is 3. The van der Waals surface area contributed by atoms with Crippen LogP contribution < -0.4 is 21.3 Å². The quantitative estimate of drug-likeness (QED) is 0.0665. The highest BCUT2D eigenvalue weighted by molar-refractivity contribution is 7.22. The van der Waals surface area contributed by atoms with Crippen LogP contribution in [0.15, 0.2) is 83.1 Å². The molecule has 0 unspecified atom stereocenters. The van der Waals surface area contributed by atoms with Gasteiger partial charge in [0.05, 0.1) is 14.8 Å². The van der Waals surface area contributed by atoms with Crippen molar-refractivity contribution in [2.24, 2.45) is 0 Å². The third-order valence-electron chi connectivity index (χ3n) is 7.61. The monoisotopic (exact) mass is 953 g/mol. The number of amides is 4. The standard InChI is InChI=1S/C13H9ClN2OS2.C13H10N2O2S2.C12H13N5O4S2/c1-7-6-15-13(18-7)16-12(17)11-10(14)8-4-2-3-5-9(8)19-11;1-8-7-14-13(19-8)15-12(16)10-5-4-9(17-10)11-3-2-6-18-11;1-7-5-13-11(22-7)15-8(18)3-2-4-9(19)16-12-14-6-10(23-12)17(20)21/h2-6H,1H3,(H,15,16,17);2-7H,1H3,(H,14,15,16);5-6H,2-4H2,1H3,(H,13,15,18)(H,14,16,19). The first-order chi connectivity index (χ1) is 29.3. The van der Waals surface area contributed by atoms with Crippen LogP contribution in [0.4, 0.5) is 25.5 Å². The first-order valence-corrected chi connectivity index (χ1v) is 23.1. The summed E-state index contributed by atoms with van der Waals surface area (Å²) >= 11 is 14.3. The molecule has 8 rings (SSSR count). The summed E-state index contributed by atoms with van der Waals surface area (Å²) in [7, 11) is 0. The Balaban J connectivity index is 0.000000154. The maximum absolute atomic E-state index is 12.2. The number of aromatic nitrogens is 4. The summed E-state index contributed by atoms with van der Waals surface area (Å²) in [6.45, 7) is 5.77. The molecule has 0 aliphatic carbocycles. The summed E-state index contributed by atoms with van der Waals surface area (Å²) in [4.78, 5) is 78.0. The van der Waals surface area contributed by atoms with Crippen LogP contribution in [-0.2, 0) is 9.59 Å². The highest BCUT2D eigenvalue weighted by atomic mass is 35.5. The lowest BCUT2D eigenvalue weighted by molar-refractivity contribution is -0.380. The summed E-state index contributed by atoms with van der Waals surface area (Å²) in [6, 6.07) is 15.1. The Bertz CT molecular complexity index is 2790. The van der Waals surface area contributed by atoms with Gasteiger partial charge in [0.15, 0.2) is 26.3 Å². The van der Waals surface area contributed by atoms with E-state index >= 15 is 0 Å². The van der Waals surface area contributed by atoms with Crippen molar-refractivity contribution in [2.75, 3.05) is 21.3 Å². The Hall–Kier alpha value is -5.75. The lowest BCUT2D eigenvalue weighted by Gasteiger charge is -2.02. The van der Waals surface area contributed by atoms with Gasteiger partial charge >= 0.3 is 5.00 Å². The van der Waals surface area contributed by atoms with Gasteiger partial charge in [-0.25, -0.2) is 19.9 Å². The Morgan fingerprint density at radius 3 is 1.77 bits per heavy atom. The number of benzene rings is 1. The van der Waals surface area contributed by atoms with E-state index in [4.69, 9.17) is 16.0 Å². The van der Waals surface area contributed by atoms with Crippen LogP contribution in [0, 0.1) is 30.9 Å². The molecule has 0 saturated carbocycles. The van der Waals surface area contributed by atoms with Crippen LogP contribution in [-0.4, -0.2) is 48.5 Å². The summed E-state index contributed by atoms with van der Waals surface area (Å²) < 4.78 is 6.55. The molecule has 0 spiro atoms. The number of anilines is 4. The molecule has 0 fully saturated rings. The number of fused-ring (bicyclic) bond motifs is 1. The molecule has 0 bridgehead atoms. The molecular weight excluding hydrogens is 922 g/mol. The van der Waals surface area contributed by atoms with Crippen LogP contribution in [0.25, 0.3) is 20.7 Å². The molecule has 4 amide bonds. The number of nitrogens with zero attached hydrogens (tertiary/aromatic N) is 5. The first kappa shape index (κ1) is 44.8. The summed E-state index contributed by atoms with van der Waals surface area (Å²) in [6.07, 6.45) is 6.87. The van der Waals surface area contributed by atoms with E-state index < -0.39 is 4.92 Å². The van der Waals surface area contributed by atoms with Crippen molar-refractivity contribution in [1.29, 1.82) is 0 Å². The van der Waals surface area contributed by atoms with Crippen LogP contribution in [0.5, 0.6) is 0 Å². The van der Waals surface area contributed by atoms with Gasteiger partial charge in [-0.05, 0) is 68.2 Å². The van der Waals surface area contributed by atoms with Crippen molar-refractivity contribution in [3.8, 4) is 10.6 Å². The summed E-state index contributed by atoms with van der Waals surface area (Å²) in [5.41, 5.74) is 0. The Kier molecular flexibility index (Phi) is 15.5. The molecule has 314 valence electrons. The molecule has 7 heterocycles. The van der Waals surface area contributed by atoms with Crippen LogP contribution in [0.1, 0.15) is 54.1 Å². The minimum Gasteiger partial charge on any atom is -0.450 e. The van der Waals surface area contributed by atoms with Gasteiger partial charge in [0.2, 0.25) is 11.8 Å². The fourth-order valence-electron chi connectivity index (χ4n) is 4.90. The second kappa shape index (κ2) is 21.2. The number of thiazole rings is 4. The van der Waals surface area contributed by atoms with Gasteiger partial charge in [-0.15, -0.1) is 56.7 Å². The first-order valence-electron chi connectivity index (χ1n) is 17.7. The van der Waals surface area contributed by atoms with Gasteiger partial charge in [0, 0.05) is 56.1 Å². The van der Waals surface area contributed by atoms with E-state index in [1.807, 2.05) is 62.5 Å². The fourth-order valence-corrected chi connectivity index (χ4v) is 9.65. The van der Waals surface area contributed by atoms with Gasteiger partial charge in [-0.3, -0.25) is 39.9 Å². The molecule has 8 aromatic rings. The van der Waals surface area contributed by atoms with Crippen LogP contribution in [0.2, 0.25) is 5.02 Å². The average Bonchev–Trinajstić information content (AvgIpc) is 4.08. The second-order valence-corrected chi connectivity index (χ2v) is 19.4. The number of nitrogens with one attached hydrogen (secondary N) is 4. The van der Waals surface area contributed by atoms with E-state index in [1.54, 1.807) is 42.1 Å². The van der Waals surface area contributed by atoms with Crippen molar-refractivity contribution in [3.05, 3.63) is 119 Å². The molecule has 7 aromatic heterocycles. The van der Waals surface area contributed by atoms with Gasteiger partial charge < -0.3 is 15.1 Å². The lowest BCUT2D eigenvalue weighted by atomic mass is 10.2. The van der Waals surface area contributed by atoms with Gasteiger partial charge in [0.25, 0.3) is 11.8 Å². The van der Waals surface area contributed by atoms with E-state index in [9.17, 15) is 29.3 Å². The van der Waals surface area contributed by atoms with E-state index in [2.05, 4.69) is 41.2 Å². The van der Waals surface area contributed by atoms with Crippen molar-refractivity contribution in [2.45, 2.75) is 40.0 Å². The summed E-state index contributed by atoms with van der Waals surface area (Å²) in [5.74, 6) is -0.0476. The van der Waals surface area contributed by atoms with E-state index in [-0.39, 0.29) is 52.4 Å². The number of hydrogen-bond donors (Lipinski definition) is 4. The van der Waals surface area contributed by atoms with E-state index in [0.29, 0.717) is 37.5 Å². The van der Waals surface area contributed by atoms with Crippen LogP contribution in [0.3, 0.4) is 0 Å². The normalized spacial score (nSPS) is 10.6. The molecule has 61 heavy (non-hydrogen) atoms. The molecule has 0 atom stereocenters. The Morgan fingerprint density at radius 1 is 0.689 bits per heavy atom. The minimum atomic E-state index is -0.571. The summed E-state index contributed by atoms with van der Waals surface area (Å²) in [5, 5.41) is 26.2. The number of rotatable bonds is 12. The molecular formula is C38H32ClN9O7S6. The van der Waals surface area contributed by atoms with Crippen molar-refractivity contribution >= 4 is 139 Å². The van der Waals surface area contributed by atoms with Gasteiger partial charge in [-0.1, -0.05) is 35.9 Å². The number of thiophene rings is 2. The zero-order valence-corrected chi connectivity index (χ0v) is 37.7. The molecule has 16 nitrogen and oxygen atoms in total. The van der Waals surface area contributed by atoms with Crippen molar-refractivity contribution in [3.63, 3.8) is 0 Å². The molecule has 23 heteroatoms. The van der Waals surface area contributed by atoms with Gasteiger partial charge in [-0.2, -0.15) is 0 Å². The second-order valence-electron chi connectivity index (χ2n) is 12.3. The molecule has 4 N–H and O–H groups in total. The smallest absolute Gasteiger partial charge is 0.345 e. The zero-order valence-electron chi connectivity index (χ0n) is 32.0. The largest absolute Gasteiger partial charge is 0.450 e. The molecule has 0 aliphatic rings. The number of halogens is 1. The number of carbonyl (C=O) groups is 4. The average molecular weight is 955 g/mol. The molecule has 0 radical (unpaired) electrons. The Labute approximate surface area is 375 Å². The highest BCUT2D eigenvalue weighted by Crippen LogP contribution is 2.36. The maximum Gasteiger partial charge on any atom is 0.345 e. The zero-order chi connectivity index (χ0) is 43.5. The van der Waals surface area contributed by atoms with Crippen LogP contribution >= 0.6 is 79.6 Å². The molecule has 1 aromatic carbocycles. The number of hydrogen-bond acceptors (Lipinski definition) is 17. The van der Waals surface area contributed by atoms with E-state index in [1.165, 1.54) is 45.3 Å². The number of carbonyl (C=O) groups excluding carboxylic acids is 4. The molecule has 0 aliphatic heterocycles. The third-order valence-corrected chi connectivity index (χ3v) is 13.5. The fraction of sp³-hybridized carbons (Fsp3) is 0.158. The van der Waals surface area contributed by atoms with Gasteiger partial charge in [0.1, 0.15) is 16.8 Å². The third kappa shape index (κ3) is 12.9.